The van der Waals surface area contributed by atoms with Crippen molar-refractivity contribution >= 4 is 17.7 Å². The second-order valence-corrected chi connectivity index (χ2v) is 4.62. The predicted molar refractivity (Wildman–Crippen MR) is 71.4 cm³/mol. The summed E-state index contributed by atoms with van der Waals surface area (Å²) >= 11 is 1.08. The summed E-state index contributed by atoms with van der Waals surface area (Å²) in [4.78, 5) is 12.0. The Morgan fingerprint density at radius 3 is 2.70 bits per heavy atom. The molecule has 3 N–H and O–H groups in total. The van der Waals surface area contributed by atoms with Gasteiger partial charge in [-0.2, -0.15) is 0 Å². The van der Waals surface area contributed by atoms with E-state index in [1.54, 1.807) is 13.2 Å². The largest absolute Gasteiger partial charge is 0.487 e. The van der Waals surface area contributed by atoms with Gasteiger partial charge in [0.15, 0.2) is 17.8 Å². The van der Waals surface area contributed by atoms with E-state index in [9.17, 15) is 9.90 Å². The van der Waals surface area contributed by atoms with Crippen molar-refractivity contribution in [1.82, 2.24) is 0 Å². The third kappa shape index (κ3) is 4.71. The molecule has 7 nitrogen and oxygen atoms in total. The molecule has 1 fully saturated rings. The molecule has 1 rings (SSSR count). The van der Waals surface area contributed by atoms with E-state index >= 15 is 0 Å². The second kappa shape index (κ2) is 8.15. The molecule has 0 radical (unpaired) electrons. The molecule has 114 valence electrons. The van der Waals surface area contributed by atoms with Gasteiger partial charge in [-0.25, -0.2) is 4.79 Å². The first-order chi connectivity index (χ1) is 9.49. The molecular weight excluding hydrogens is 288 g/mol. The van der Waals surface area contributed by atoms with Crippen LogP contribution in [0.4, 0.5) is 0 Å². The summed E-state index contributed by atoms with van der Waals surface area (Å²) in [5, 5.41) is 27.5. The molecule has 0 bridgehead atoms. The third-order valence-corrected chi connectivity index (χ3v) is 3.01. The zero-order valence-corrected chi connectivity index (χ0v) is 12.1. The smallest absolute Gasteiger partial charge is 0.348 e. The van der Waals surface area contributed by atoms with Crippen molar-refractivity contribution in [3.63, 3.8) is 0 Å². The Morgan fingerprint density at radius 1 is 1.50 bits per heavy atom. The molecule has 0 aromatic rings. The molecule has 0 aromatic carbocycles. The van der Waals surface area contributed by atoms with Crippen LogP contribution in [0, 0.1) is 0 Å². The fraction of sp³-hybridized carbons (Fsp3) is 0.583. The van der Waals surface area contributed by atoms with E-state index < -0.39 is 18.4 Å². The van der Waals surface area contributed by atoms with E-state index in [4.69, 9.17) is 24.4 Å². The standard InChI is InChI=1S/C12H18O7S/c1-3-17-12(16)11(20-2)10-8(4-9(14)15)18-5-7(13)6-19-10/h4,7,9,13-15H,3,5-6H2,1-2H3/b8-4-,11-10+. The first-order valence-electron chi connectivity index (χ1n) is 5.97. The molecular formula is C12H18O7S. The van der Waals surface area contributed by atoms with Crippen LogP contribution in [0.1, 0.15) is 6.92 Å². The SMILES string of the molecule is CCOC(=O)/C(SC)=C1\OCC(O)CO\C1=C/C(O)O. The van der Waals surface area contributed by atoms with Gasteiger partial charge in [0.25, 0.3) is 0 Å². The summed E-state index contributed by atoms with van der Waals surface area (Å²) in [6.45, 7) is 1.72. The number of hydrogen-bond acceptors (Lipinski definition) is 8. The lowest BCUT2D eigenvalue weighted by Gasteiger charge is -2.14. The Kier molecular flexibility index (Phi) is 6.86. The van der Waals surface area contributed by atoms with Crippen molar-refractivity contribution in [3.05, 3.63) is 22.5 Å². The van der Waals surface area contributed by atoms with E-state index in [1.165, 1.54) is 0 Å². The first-order valence-corrected chi connectivity index (χ1v) is 7.19. The highest BCUT2D eigenvalue weighted by Crippen LogP contribution is 2.28. The fourth-order valence-corrected chi connectivity index (χ4v) is 2.02. The molecule has 1 saturated heterocycles. The van der Waals surface area contributed by atoms with Crippen molar-refractivity contribution in [2.75, 3.05) is 26.1 Å². The molecule has 8 heteroatoms. The van der Waals surface area contributed by atoms with E-state index in [0.29, 0.717) is 0 Å². The summed E-state index contributed by atoms with van der Waals surface area (Å²) < 4.78 is 15.5. The van der Waals surface area contributed by atoms with Gasteiger partial charge in [-0.3, -0.25) is 0 Å². The van der Waals surface area contributed by atoms with Crippen LogP contribution in [0.25, 0.3) is 0 Å². The maximum absolute atomic E-state index is 11.8. The number of esters is 1. The summed E-state index contributed by atoms with van der Waals surface area (Å²) in [5.41, 5.74) is 0. The van der Waals surface area contributed by atoms with Crippen LogP contribution in [-0.2, 0) is 19.0 Å². The van der Waals surface area contributed by atoms with Gasteiger partial charge < -0.3 is 29.5 Å². The number of aliphatic hydroxyl groups is 3. The number of ether oxygens (including phenoxy) is 3. The lowest BCUT2D eigenvalue weighted by atomic mass is 10.3. The zero-order chi connectivity index (χ0) is 15.1. The molecule has 1 unspecified atom stereocenters. The molecule has 0 aromatic heterocycles. The Hall–Kier alpha value is -1.22. The van der Waals surface area contributed by atoms with Gasteiger partial charge in [-0.1, -0.05) is 0 Å². The highest BCUT2D eigenvalue weighted by atomic mass is 32.2. The third-order valence-electron chi connectivity index (χ3n) is 2.25. The maximum Gasteiger partial charge on any atom is 0.348 e. The first kappa shape index (κ1) is 16.8. The minimum absolute atomic E-state index is 0.0195. The average Bonchev–Trinajstić information content (AvgIpc) is 2.55. The predicted octanol–water partition coefficient (Wildman–Crippen LogP) is -0.274. The second-order valence-electron chi connectivity index (χ2n) is 3.80. The minimum atomic E-state index is -1.77. The van der Waals surface area contributed by atoms with Crippen molar-refractivity contribution in [2.24, 2.45) is 0 Å². The highest BCUT2D eigenvalue weighted by Gasteiger charge is 2.26. The van der Waals surface area contributed by atoms with E-state index in [2.05, 4.69) is 0 Å². The van der Waals surface area contributed by atoms with Gasteiger partial charge in [0.1, 0.15) is 24.2 Å². The number of hydrogen-bond donors (Lipinski definition) is 3. The van der Waals surface area contributed by atoms with Crippen LogP contribution >= 0.6 is 11.8 Å². The highest BCUT2D eigenvalue weighted by molar-refractivity contribution is 8.03. The number of rotatable bonds is 4. The molecule has 1 heterocycles. The van der Waals surface area contributed by atoms with Gasteiger partial charge >= 0.3 is 5.97 Å². The molecule has 1 aliphatic rings. The van der Waals surface area contributed by atoms with Gasteiger partial charge in [0, 0.05) is 6.08 Å². The zero-order valence-electron chi connectivity index (χ0n) is 11.2. The lowest BCUT2D eigenvalue weighted by molar-refractivity contribution is -0.137. The Bertz CT molecular complexity index is 403. The van der Waals surface area contributed by atoms with Crippen LogP contribution in [0.15, 0.2) is 22.5 Å². The number of thioether (sulfide) groups is 1. The summed E-state index contributed by atoms with van der Waals surface area (Å²) in [7, 11) is 0. The maximum atomic E-state index is 11.8. The normalized spacial score (nSPS) is 23.9. The van der Waals surface area contributed by atoms with Crippen molar-refractivity contribution in [1.29, 1.82) is 0 Å². The van der Waals surface area contributed by atoms with Crippen LogP contribution in [-0.4, -0.2) is 59.8 Å². The molecule has 1 aliphatic heterocycles. The topological polar surface area (TPSA) is 105 Å². The quantitative estimate of drug-likeness (QED) is 0.370. The lowest BCUT2D eigenvalue weighted by Crippen LogP contribution is -2.17. The monoisotopic (exact) mass is 306 g/mol. The minimum Gasteiger partial charge on any atom is -0.487 e. The van der Waals surface area contributed by atoms with Gasteiger partial charge in [0.2, 0.25) is 0 Å². The summed E-state index contributed by atoms with van der Waals surface area (Å²) in [5.74, 6) is -0.595. The van der Waals surface area contributed by atoms with Crippen molar-refractivity contribution in [3.8, 4) is 0 Å². The van der Waals surface area contributed by atoms with E-state index in [0.717, 1.165) is 17.8 Å². The van der Waals surface area contributed by atoms with Gasteiger partial charge in [0.05, 0.1) is 6.61 Å². The van der Waals surface area contributed by atoms with Crippen molar-refractivity contribution < 1.29 is 34.3 Å². The molecule has 20 heavy (non-hydrogen) atoms. The summed E-state index contributed by atoms with van der Waals surface area (Å²) in [6, 6.07) is 0. The van der Waals surface area contributed by atoms with Gasteiger partial charge in [-0.05, 0) is 13.2 Å². The van der Waals surface area contributed by atoms with Crippen molar-refractivity contribution in [2.45, 2.75) is 19.3 Å². The molecule has 0 saturated carbocycles. The summed E-state index contributed by atoms with van der Waals surface area (Å²) in [6.07, 6.45) is -0.0269. The number of aliphatic hydroxyl groups excluding tert-OH is 2. The van der Waals surface area contributed by atoms with E-state index in [1.807, 2.05) is 0 Å². The Morgan fingerprint density at radius 2 is 2.15 bits per heavy atom. The fourth-order valence-electron chi connectivity index (χ4n) is 1.45. The van der Waals surface area contributed by atoms with Gasteiger partial charge in [-0.15, -0.1) is 11.8 Å². The Labute approximate surface area is 120 Å². The van der Waals surface area contributed by atoms with Crippen LogP contribution in [0.2, 0.25) is 0 Å². The number of carbonyl (C=O) groups excluding carboxylic acids is 1. The number of carbonyl (C=O) groups is 1. The average molecular weight is 306 g/mol. The van der Waals surface area contributed by atoms with Crippen LogP contribution < -0.4 is 0 Å². The molecule has 1 atom stereocenters. The molecule has 0 aliphatic carbocycles. The van der Waals surface area contributed by atoms with Crippen LogP contribution in [0.5, 0.6) is 0 Å². The molecule has 0 spiro atoms. The van der Waals surface area contributed by atoms with Crippen LogP contribution in [0.3, 0.4) is 0 Å². The Balaban J connectivity index is 3.19. The van der Waals surface area contributed by atoms with E-state index in [-0.39, 0.29) is 36.2 Å². The molecule has 0 amide bonds.